The lowest BCUT2D eigenvalue weighted by Gasteiger charge is -2.10. The van der Waals surface area contributed by atoms with E-state index in [1.54, 1.807) is 43.3 Å². The first-order valence-electron chi connectivity index (χ1n) is 5.75. The molecule has 2 rings (SSSR count). The Balaban J connectivity index is 2.26. The minimum Gasteiger partial charge on any atom is -0.456 e. The summed E-state index contributed by atoms with van der Waals surface area (Å²) in [6.07, 6.45) is -0.521. The fourth-order valence-corrected chi connectivity index (χ4v) is 2.09. The number of benzene rings is 2. The van der Waals surface area contributed by atoms with Crippen LogP contribution in [-0.4, -0.2) is 5.11 Å². The molecule has 0 aliphatic rings. The van der Waals surface area contributed by atoms with Crippen molar-refractivity contribution in [3.05, 3.63) is 58.1 Å². The normalized spacial score (nSPS) is 11.7. The lowest BCUT2D eigenvalue weighted by Crippen LogP contribution is -1.92. The molecule has 0 saturated carbocycles. The van der Waals surface area contributed by atoms with E-state index in [0.29, 0.717) is 17.1 Å². The minimum atomic E-state index is -0.521. The molecule has 0 saturated heterocycles. The molecule has 0 heterocycles. The molecule has 0 fully saturated rings. The van der Waals surface area contributed by atoms with Gasteiger partial charge in [-0.25, -0.2) is 0 Å². The molecule has 1 unspecified atom stereocenters. The van der Waals surface area contributed by atoms with Crippen LogP contribution in [0, 0.1) is 11.3 Å². The van der Waals surface area contributed by atoms with Crippen molar-refractivity contribution in [2.45, 2.75) is 13.0 Å². The van der Waals surface area contributed by atoms with Crippen molar-refractivity contribution in [2.75, 3.05) is 0 Å². The molecule has 1 atom stereocenters. The predicted molar refractivity (Wildman–Crippen MR) is 76.0 cm³/mol. The van der Waals surface area contributed by atoms with Crippen LogP contribution in [0.3, 0.4) is 0 Å². The number of halogens is 1. The maximum absolute atomic E-state index is 9.50. The SMILES string of the molecule is CC(O)c1ccc(Oc2cccc(C#N)c2)c(Br)c1. The van der Waals surface area contributed by atoms with Crippen molar-refractivity contribution >= 4 is 15.9 Å². The standard InChI is InChI=1S/C15H12BrNO2/c1-10(18)12-5-6-15(14(16)8-12)19-13-4-2-3-11(7-13)9-17/h2-8,10,18H,1H3. The highest BCUT2D eigenvalue weighted by atomic mass is 79.9. The summed E-state index contributed by atoms with van der Waals surface area (Å²) in [6.45, 7) is 1.71. The van der Waals surface area contributed by atoms with Gasteiger partial charge in [0, 0.05) is 0 Å². The van der Waals surface area contributed by atoms with Gasteiger partial charge in [0.05, 0.1) is 22.2 Å². The van der Waals surface area contributed by atoms with E-state index in [9.17, 15) is 5.11 Å². The third kappa shape index (κ3) is 3.34. The molecule has 0 aromatic heterocycles. The number of hydrogen-bond acceptors (Lipinski definition) is 3. The number of rotatable bonds is 3. The molecule has 0 radical (unpaired) electrons. The van der Waals surface area contributed by atoms with Crippen LogP contribution in [0.4, 0.5) is 0 Å². The van der Waals surface area contributed by atoms with Gasteiger partial charge >= 0.3 is 0 Å². The molecule has 4 heteroatoms. The number of nitriles is 1. The average Bonchev–Trinajstić information content (AvgIpc) is 2.41. The third-order valence-electron chi connectivity index (χ3n) is 2.63. The van der Waals surface area contributed by atoms with E-state index >= 15 is 0 Å². The van der Waals surface area contributed by atoms with Gasteiger partial charge in [0.15, 0.2) is 0 Å². The summed E-state index contributed by atoms with van der Waals surface area (Å²) in [5.41, 5.74) is 1.36. The van der Waals surface area contributed by atoms with Gasteiger partial charge in [0.25, 0.3) is 0 Å². The number of aliphatic hydroxyl groups is 1. The Morgan fingerprint density at radius 3 is 2.68 bits per heavy atom. The minimum absolute atomic E-state index is 0.521. The number of nitrogens with zero attached hydrogens (tertiary/aromatic N) is 1. The predicted octanol–water partition coefficient (Wildman–Crippen LogP) is 4.17. The molecule has 0 aliphatic heterocycles. The number of hydrogen-bond donors (Lipinski definition) is 1. The Labute approximate surface area is 120 Å². The Morgan fingerprint density at radius 2 is 2.05 bits per heavy atom. The maximum Gasteiger partial charge on any atom is 0.141 e. The summed E-state index contributed by atoms with van der Waals surface area (Å²) in [6, 6.07) is 14.4. The average molecular weight is 318 g/mol. The first-order valence-corrected chi connectivity index (χ1v) is 6.55. The van der Waals surface area contributed by atoms with E-state index in [4.69, 9.17) is 10.00 Å². The van der Waals surface area contributed by atoms with Gasteiger partial charge in [0.1, 0.15) is 11.5 Å². The first kappa shape index (κ1) is 13.6. The molecule has 0 bridgehead atoms. The van der Waals surface area contributed by atoms with Crippen LogP contribution in [0.15, 0.2) is 46.9 Å². The van der Waals surface area contributed by atoms with Crippen LogP contribution >= 0.6 is 15.9 Å². The summed E-state index contributed by atoms with van der Waals surface area (Å²) in [4.78, 5) is 0. The Morgan fingerprint density at radius 1 is 1.26 bits per heavy atom. The molecule has 0 aliphatic carbocycles. The smallest absolute Gasteiger partial charge is 0.141 e. The quantitative estimate of drug-likeness (QED) is 0.924. The Bertz CT molecular complexity index is 632. The van der Waals surface area contributed by atoms with Crippen molar-refractivity contribution in [1.82, 2.24) is 0 Å². The Kier molecular flexibility index (Phi) is 4.20. The van der Waals surface area contributed by atoms with Crippen LogP contribution < -0.4 is 4.74 Å². The molecule has 19 heavy (non-hydrogen) atoms. The molecular weight excluding hydrogens is 306 g/mol. The van der Waals surface area contributed by atoms with Gasteiger partial charge in [-0.05, 0) is 58.7 Å². The summed E-state index contributed by atoms with van der Waals surface area (Å²) < 4.78 is 6.46. The fourth-order valence-electron chi connectivity index (χ4n) is 1.62. The largest absolute Gasteiger partial charge is 0.456 e. The molecular formula is C15H12BrNO2. The van der Waals surface area contributed by atoms with Gasteiger partial charge in [-0.15, -0.1) is 0 Å². The molecule has 0 amide bonds. The first-order chi connectivity index (χ1) is 9.10. The van der Waals surface area contributed by atoms with Gasteiger partial charge in [-0.1, -0.05) is 12.1 Å². The zero-order valence-electron chi connectivity index (χ0n) is 10.3. The number of aliphatic hydroxyl groups excluding tert-OH is 1. The highest BCUT2D eigenvalue weighted by molar-refractivity contribution is 9.10. The van der Waals surface area contributed by atoms with Crippen LogP contribution in [0.5, 0.6) is 11.5 Å². The van der Waals surface area contributed by atoms with E-state index in [0.717, 1.165) is 10.0 Å². The second kappa shape index (κ2) is 5.87. The molecule has 1 N–H and O–H groups in total. The molecule has 3 nitrogen and oxygen atoms in total. The van der Waals surface area contributed by atoms with Crippen LogP contribution in [0.2, 0.25) is 0 Å². The van der Waals surface area contributed by atoms with E-state index in [1.165, 1.54) is 0 Å². The van der Waals surface area contributed by atoms with E-state index in [2.05, 4.69) is 22.0 Å². The summed E-state index contributed by atoms with van der Waals surface area (Å²) in [5, 5.41) is 18.3. The molecule has 2 aromatic rings. The van der Waals surface area contributed by atoms with Gasteiger partial charge in [-0.2, -0.15) is 5.26 Å². The topological polar surface area (TPSA) is 53.2 Å². The molecule has 96 valence electrons. The van der Waals surface area contributed by atoms with E-state index in [1.807, 2.05) is 6.07 Å². The van der Waals surface area contributed by atoms with Crippen molar-refractivity contribution in [1.29, 1.82) is 5.26 Å². The van der Waals surface area contributed by atoms with E-state index < -0.39 is 6.10 Å². The van der Waals surface area contributed by atoms with Crippen LogP contribution in [0.25, 0.3) is 0 Å². The Hall–Kier alpha value is -1.83. The summed E-state index contributed by atoms with van der Waals surface area (Å²) in [7, 11) is 0. The van der Waals surface area contributed by atoms with Crippen molar-refractivity contribution in [2.24, 2.45) is 0 Å². The van der Waals surface area contributed by atoms with Gasteiger partial charge in [0.2, 0.25) is 0 Å². The monoisotopic (exact) mass is 317 g/mol. The number of ether oxygens (including phenoxy) is 1. The van der Waals surface area contributed by atoms with Crippen LogP contribution in [-0.2, 0) is 0 Å². The highest BCUT2D eigenvalue weighted by Gasteiger charge is 2.07. The van der Waals surface area contributed by atoms with Crippen molar-refractivity contribution in [3.63, 3.8) is 0 Å². The van der Waals surface area contributed by atoms with Crippen molar-refractivity contribution < 1.29 is 9.84 Å². The van der Waals surface area contributed by atoms with Gasteiger partial charge in [-0.3, -0.25) is 0 Å². The maximum atomic E-state index is 9.50. The fraction of sp³-hybridized carbons (Fsp3) is 0.133. The van der Waals surface area contributed by atoms with E-state index in [-0.39, 0.29) is 0 Å². The van der Waals surface area contributed by atoms with Gasteiger partial charge < -0.3 is 9.84 Å². The second-order valence-corrected chi connectivity index (χ2v) is 4.96. The molecule has 2 aromatic carbocycles. The third-order valence-corrected chi connectivity index (χ3v) is 3.25. The highest BCUT2D eigenvalue weighted by Crippen LogP contribution is 2.32. The zero-order chi connectivity index (χ0) is 13.8. The lowest BCUT2D eigenvalue weighted by molar-refractivity contribution is 0.199. The summed E-state index contributed by atoms with van der Waals surface area (Å²) >= 11 is 3.41. The van der Waals surface area contributed by atoms with Crippen molar-refractivity contribution in [3.8, 4) is 17.6 Å². The van der Waals surface area contributed by atoms with Crippen LogP contribution in [0.1, 0.15) is 24.2 Å². The summed E-state index contributed by atoms with van der Waals surface area (Å²) in [5.74, 6) is 1.24. The zero-order valence-corrected chi connectivity index (χ0v) is 11.9. The molecule has 0 spiro atoms. The second-order valence-electron chi connectivity index (χ2n) is 4.11. The lowest BCUT2D eigenvalue weighted by atomic mass is 10.1.